The highest BCUT2D eigenvalue weighted by Gasteiger charge is 2.44. The number of rotatable bonds is 5. The number of unbranched alkanes of at least 4 members (excludes halogenated alkanes) is 1. The Balaban J connectivity index is 1.48. The Labute approximate surface area is 156 Å². The molecule has 2 aliphatic heterocycles. The molecular formula is C18H24N4OS2. The molecule has 4 rings (SSSR count). The van der Waals surface area contributed by atoms with E-state index in [1.54, 1.807) is 23.3 Å². The maximum absolute atomic E-state index is 11.9. The number of hydrogen-bond acceptors (Lipinski definition) is 6. The molecular weight excluding hydrogens is 352 g/mol. The van der Waals surface area contributed by atoms with E-state index >= 15 is 0 Å². The van der Waals surface area contributed by atoms with E-state index in [-0.39, 0.29) is 10.9 Å². The molecule has 2 fully saturated rings. The summed E-state index contributed by atoms with van der Waals surface area (Å²) in [6, 6.07) is 8.45. The van der Waals surface area contributed by atoms with Gasteiger partial charge in [0.25, 0.3) is 0 Å². The van der Waals surface area contributed by atoms with E-state index in [2.05, 4.69) is 46.3 Å². The van der Waals surface area contributed by atoms with Crippen LogP contribution in [-0.2, 0) is 4.79 Å². The van der Waals surface area contributed by atoms with Gasteiger partial charge in [0.1, 0.15) is 10.8 Å². The molecule has 25 heavy (non-hydrogen) atoms. The summed E-state index contributed by atoms with van der Waals surface area (Å²) in [7, 11) is 0. The fourth-order valence-corrected chi connectivity index (χ4v) is 5.81. The number of carbonyl (C=O) groups is 1. The summed E-state index contributed by atoms with van der Waals surface area (Å²) in [5.74, 6) is 1.88. The molecule has 0 spiro atoms. The third-order valence-corrected chi connectivity index (χ3v) is 7.36. The molecule has 0 bridgehead atoms. The number of benzene rings is 1. The molecule has 1 amide bonds. The maximum atomic E-state index is 11.9. The van der Waals surface area contributed by atoms with Crippen molar-refractivity contribution >= 4 is 45.1 Å². The number of carbonyl (C=O) groups excluding carboxylic acids is 1. The van der Waals surface area contributed by atoms with Crippen molar-refractivity contribution < 1.29 is 4.79 Å². The Hall–Kier alpha value is -1.31. The number of amides is 1. The zero-order valence-electron chi connectivity index (χ0n) is 14.5. The second kappa shape index (κ2) is 7.13. The standard InChI is InChI=1S/C18H24N4OS2/c1-2-3-8-18(19-16(23)13-24-18)22-11-9-21(10-12-22)17-14-6-4-5-7-15(14)25-20-17/h4-7H,2-3,8-13H2,1H3,(H,19,23). The maximum Gasteiger partial charge on any atom is 0.232 e. The zero-order valence-corrected chi connectivity index (χ0v) is 16.2. The lowest BCUT2D eigenvalue weighted by atomic mass is 10.1. The van der Waals surface area contributed by atoms with Gasteiger partial charge in [-0.05, 0) is 36.5 Å². The summed E-state index contributed by atoms with van der Waals surface area (Å²) in [5, 5.41) is 4.52. The number of nitrogens with one attached hydrogen (secondary N) is 1. The lowest BCUT2D eigenvalue weighted by Crippen LogP contribution is -2.60. The van der Waals surface area contributed by atoms with Gasteiger partial charge in [-0.25, -0.2) is 0 Å². The van der Waals surface area contributed by atoms with Crippen LogP contribution in [0.5, 0.6) is 0 Å². The van der Waals surface area contributed by atoms with Gasteiger partial charge in [-0.15, -0.1) is 11.8 Å². The van der Waals surface area contributed by atoms with Gasteiger partial charge in [0, 0.05) is 31.6 Å². The molecule has 2 saturated heterocycles. The Morgan fingerprint density at radius 2 is 2.04 bits per heavy atom. The molecule has 5 nitrogen and oxygen atoms in total. The van der Waals surface area contributed by atoms with Crippen LogP contribution in [0.3, 0.4) is 0 Å². The highest BCUT2D eigenvalue weighted by atomic mass is 32.2. The number of nitrogens with zero attached hydrogens (tertiary/aromatic N) is 3. The average Bonchev–Trinajstić information content (AvgIpc) is 3.25. The SMILES string of the molecule is CCCCC1(N2CCN(c3nsc4ccccc34)CC2)NC(=O)CS1. The van der Waals surface area contributed by atoms with Gasteiger partial charge in [0.05, 0.1) is 10.5 Å². The Morgan fingerprint density at radius 1 is 1.24 bits per heavy atom. The summed E-state index contributed by atoms with van der Waals surface area (Å²) in [6.07, 6.45) is 3.33. The zero-order chi connectivity index (χ0) is 17.3. The topological polar surface area (TPSA) is 48.5 Å². The molecule has 2 aliphatic rings. The van der Waals surface area contributed by atoms with E-state index < -0.39 is 0 Å². The predicted molar refractivity (Wildman–Crippen MR) is 106 cm³/mol. The molecule has 0 radical (unpaired) electrons. The van der Waals surface area contributed by atoms with Gasteiger partial charge in [-0.3, -0.25) is 9.69 Å². The van der Waals surface area contributed by atoms with Gasteiger partial charge in [0.2, 0.25) is 5.91 Å². The van der Waals surface area contributed by atoms with Gasteiger partial charge in [-0.2, -0.15) is 4.37 Å². The lowest BCUT2D eigenvalue weighted by Gasteiger charge is -2.45. The Bertz CT molecular complexity index is 756. The number of fused-ring (bicyclic) bond motifs is 1. The molecule has 7 heteroatoms. The smallest absolute Gasteiger partial charge is 0.232 e. The van der Waals surface area contributed by atoms with Crippen molar-refractivity contribution in [2.75, 3.05) is 36.8 Å². The van der Waals surface area contributed by atoms with Crippen molar-refractivity contribution in [3.05, 3.63) is 24.3 Å². The van der Waals surface area contributed by atoms with Crippen molar-refractivity contribution in [2.24, 2.45) is 0 Å². The molecule has 2 aromatic rings. The van der Waals surface area contributed by atoms with Gasteiger partial charge < -0.3 is 10.2 Å². The second-order valence-electron chi connectivity index (χ2n) is 6.70. The highest BCUT2D eigenvalue weighted by Crippen LogP contribution is 2.38. The van der Waals surface area contributed by atoms with Crippen LogP contribution in [0.25, 0.3) is 10.1 Å². The van der Waals surface area contributed by atoms with E-state index in [4.69, 9.17) is 4.37 Å². The fourth-order valence-electron chi connectivity index (χ4n) is 3.73. The van der Waals surface area contributed by atoms with Crippen LogP contribution in [0.1, 0.15) is 26.2 Å². The third-order valence-electron chi connectivity index (χ3n) is 5.09. The first-order valence-corrected chi connectivity index (χ1v) is 10.8. The minimum atomic E-state index is -0.191. The summed E-state index contributed by atoms with van der Waals surface area (Å²) in [4.78, 5) is 16.6. The highest BCUT2D eigenvalue weighted by molar-refractivity contribution is 8.01. The van der Waals surface area contributed by atoms with Crippen LogP contribution < -0.4 is 10.2 Å². The number of anilines is 1. The van der Waals surface area contributed by atoms with Crippen molar-refractivity contribution in [3.63, 3.8) is 0 Å². The molecule has 1 aromatic heterocycles. The van der Waals surface area contributed by atoms with Crippen LogP contribution in [0.4, 0.5) is 5.82 Å². The fraction of sp³-hybridized carbons (Fsp3) is 0.556. The largest absolute Gasteiger partial charge is 0.353 e. The number of piperazine rings is 1. The summed E-state index contributed by atoms with van der Waals surface area (Å²) < 4.78 is 5.94. The molecule has 3 heterocycles. The van der Waals surface area contributed by atoms with E-state index in [9.17, 15) is 4.79 Å². The van der Waals surface area contributed by atoms with E-state index in [0.717, 1.165) is 51.3 Å². The molecule has 0 aliphatic carbocycles. The van der Waals surface area contributed by atoms with Crippen LogP contribution in [-0.4, -0.2) is 52.1 Å². The van der Waals surface area contributed by atoms with E-state index in [0.29, 0.717) is 5.75 Å². The van der Waals surface area contributed by atoms with Crippen molar-refractivity contribution in [1.29, 1.82) is 0 Å². The number of hydrogen-bond donors (Lipinski definition) is 1. The van der Waals surface area contributed by atoms with Crippen molar-refractivity contribution in [1.82, 2.24) is 14.6 Å². The Kier molecular flexibility index (Phi) is 4.88. The minimum absolute atomic E-state index is 0.175. The first kappa shape index (κ1) is 17.1. The average molecular weight is 377 g/mol. The Morgan fingerprint density at radius 3 is 2.76 bits per heavy atom. The summed E-state index contributed by atoms with van der Waals surface area (Å²) in [6.45, 7) is 6.04. The molecule has 134 valence electrons. The van der Waals surface area contributed by atoms with Crippen LogP contribution in [0.15, 0.2) is 24.3 Å². The molecule has 1 unspecified atom stereocenters. The molecule has 0 saturated carbocycles. The minimum Gasteiger partial charge on any atom is -0.353 e. The van der Waals surface area contributed by atoms with Crippen molar-refractivity contribution in [2.45, 2.75) is 31.2 Å². The number of aromatic nitrogens is 1. The first-order chi connectivity index (χ1) is 12.2. The second-order valence-corrected chi connectivity index (χ2v) is 8.76. The number of thioether (sulfide) groups is 1. The monoisotopic (exact) mass is 376 g/mol. The van der Waals surface area contributed by atoms with Crippen molar-refractivity contribution in [3.8, 4) is 0 Å². The molecule has 1 N–H and O–H groups in total. The van der Waals surface area contributed by atoms with Crippen LogP contribution in [0, 0.1) is 0 Å². The molecule has 1 aromatic carbocycles. The lowest BCUT2D eigenvalue weighted by molar-refractivity contribution is -0.120. The van der Waals surface area contributed by atoms with E-state index in [1.165, 1.54) is 10.1 Å². The third kappa shape index (κ3) is 3.25. The molecule has 1 atom stereocenters. The van der Waals surface area contributed by atoms with E-state index in [1.807, 2.05) is 0 Å². The van der Waals surface area contributed by atoms with Gasteiger partial charge in [0.15, 0.2) is 0 Å². The normalized spacial score (nSPS) is 24.8. The summed E-state index contributed by atoms with van der Waals surface area (Å²) in [5.41, 5.74) is 0. The van der Waals surface area contributed by atoms with Gasteiger partial charge >= 0.3 is 0 Å². The van der Waals surface area contributed by atoms with Gasteiger partial charge in [-0.1, -0.05) is 25.5 Å². The quantitative estimate of drug-likeness (QED) is 0.869. The summed E-state index contributed by atoms with van der Waals surface area (Å²) >= 11 is 3.36. The van der Waals surface area contributed by atoms with Crippen LogP contribution in [0.2, 0.25) is 0 Å². The van der Waals surface area contributed by atoms with Crippen LogP contribution >= 0.6 is 23.3 Å². The predicted octanol–water partition coefficient (Wildman–Crippen LogP) is 3.13. The first-order valence-electron chi connectivity index (χ1n) is 9.01.